The van der Waals surface area contributed by atoms with Gasteiger partial charge in [0.2, 0.25) is 0 Å². The van der Waals surface area contributed by atoms with Gasteiger partial charge in [-0.05, 0) is 38.1 Å². The second-order valence-corrected chi connectivity index (χ2v) is 8.17. The van der Waals surface area contributed by atoms with E-state index in [1.54, 1.807) is 41.5 Å². The summed E-state index contributed by atoms with van der Waals surface area (Å²) in [6.45, 7) is 3.13. The molecule has 1 aromatic carbocycles. The quantitative estimate of drug-likeness (QED) is 0.432. The summed E-state index contributed by atoms with van der Waals surface area (Å²) in [7, 11) is 0. The molecule has 0 saturated carbocycles. The summed E-state index contributed by atoms with van der Waals surface area (Å²) in [5.74, 6) is -0.287. The molecule has 0 radical (unpaired) electrons. The Hall–Kier alpha value is -4.14. The molecule has 9 heteroatoms. The Kier molecular flexibility index (Phi) is 4.66. The highest BCUT2D eigenvalue weighted by Crippen LogP contribution is 2.28. The second kappa shape index (κ2) is 7.52. The average Bonchev–Trinajstić information content (AvgIpc) is 3.39. The summed E-state index contributed by atoms with van der Waals surface area (Å²) in [6.07, 6.45) is 6.54. The minimum atomic E-state index is -1.41. The zero-order valence-corrected chi connectivity index (χ0v) is 17.5. The zero-order valence-electron chi connectivity index (χ0n) is 17.5. The molecular weight excluding hydrogens is 409 g/mol. The molecule has 2 N–H and O–H groups in total. The van der Waals surface area contributed by atoms with E-state index in [1.165, 1.54) is 20.0 Å². The lowest BCUT2D eigenvalue weighted by Gasteiger charge is -2.14. The highest BCUT2D eigenvalue weighted by atomic mass is 19.1. The third-order valence-electron chi connectivity index (χ3n) is 5.06. The van der Waals surface area contributed by atoms with Crippen LogP contribution in [0.25, 0.3) is 33.2 Å². The summed E-state index contributed by atoms with van der Waals surface area (Å²) >= 11 is 0. The monoisotopic (exact) mass is 429 g/mol. The van der Waals surface area contributed by atoms with E-state index in [9.17, 15) is 9.18 Å². The van der Waals surface area contributed by atoms with Gasteiger partial charge in [0, 0.05) is 28.7 Å². The van der Waals surface area contributed by atoms with Crippen molar-refractivity contribution in [2.45, 2.75) is 26.1 Å². The number of nitrogens with zero attached hydrogens (tertiary/aromatic N) is 5. The van der Waals surface area contributed by atoms with Gasteiger partial charge < -0.3 is 5.32 Å². The predicted octanol–water partition coefficient (Wildman–Crippen LogP) is 4.37. The number of hydrogen-bond acceptors (Lipinski definition) is 5. The average molecular weight is 429 g/mol. The molecule has 1 amide bonds. The van der Waals surface area contributed by atoms with Crippen LogP contribution in [-0.4, -0.2) is 41.5 Å². The third kappa shape index (κ3) is 3.80. The number of fused-ring (bicyclic) bond motifs is 2. The van der Waals surface area contributed by atoms with E-state index >= 15 is 0 Å². The first-order chi connectivity index (χ1) is 15.4. The Bertz CT molecular complexity index is 1450. The van der Waals surface area contributed by atoms with Crippen molar-refractivity contribution in [2.24, 2.45) is 0 Å². The van der Waals surface area contributed by atoms with Crippen LogP contribution in [0.3, 0.4) is 0 Å². The minimum Gasteiger partial charge on any atom is -0.319 e. The minimum absolute atomic E-state index is 0.114. The molecule has 0 bridgehead atoms. The van der Waals surface area contributed by atoms with Crippen LogP contribution in [0.5, 0.6) is 0 Å². The standard InChI is InChI=1S/C23H20FN7O/c1-23(2,24)13-31-20-9-18(26-10-16(20)11-28-31)21-19(12-27-30-21)29-22(32)15-6-5-14-4-3-7-25-17(14)8-15/h3-12H,13H2,1-2H3,(H,27,30)(H,29,32). The van der Waals surface area contributed by atoms with Crippen LogP contribution in [0, 0.1) is 0 Å². The summed E-state index contributed by atoms with van der Waals surface area (Å²) < 4.78 is 15.8. The van der Waals surface area contributed by atoms with Gasteiger partial charge in [0.25, 0.3) is 5.91 Å². The Morgan fingerprint density at radius 3 is 2.84 bits per heavy atom. The number of rotatable bonds is 5. The van der Waals surface area contributed by atoms with E-state index in [0.717, 1.165) is 21.8 Å². The molecule has 0 unspecified atom stereocenters. The van der Waals surface area contributed by atoms with Crippen molar-refractivity contribution < 1.29 is 9.18 Å². The number of halogens is 1. The Balaban J connectivity index is 1.45. The molecule has 0 saturated heterocycles. The van der Waals surface area contributed by atoms with Crippen molar-refractivity contribution in [1.29, 1.82) is 0 Å². The number of anilines is 1. The van der Waals surface area contributed by atoms with Gasteiger partial charge in [0.15, 0.2) is 0 Å². The van der Waals surface area contributed by atoms with Crippen LogP contribution in [0.2, 0.25) is 0 Å². The van der Waals surface area contributed by atoms with E-state index in [1.807, 2.05) is 18.2 Å². The molecule has 32 heavy (non-hydrogen) atoms. The summed E-state index contributed by atoms with van der Waals surface area (Å²) in [4.78, 5) is 21.6. The largest absolute Gasteiger partial charge is 0.319 e. The molecule has 0 aliphatic carbocycles. The number of alkyl halides is 1. The lowest BCUT2D eigenvalue weighted by atomic mass is 10.1. The molecule has 8 nitrogen and oxygen atoms in total. The third-order valence-corrected chi connectivity index (χ3v) is 5.06. The number of hydrogen-bond donors (Lipinski definition) is 2. The van der Waals surface area contributed by atoms with Crippen LogP contribution < -0.4 is 5.32 Å². The van der Waals surface area contributed by atoms with Crippen molar-refractivity contribution in [3.63, 3.8) is 0 Å². The first-order valence-electron chi connectivity index (χ1n) is 10.1. The molecular formula is C23H20FN7O. The number of H-pyrrole nitrogens is 1. The van der Waals surface area contributed by atoms with E-state index < -0.39 is 5.67 Å². The summed E-state index contributed by atoms with van der Waals surface area (Å²) in [6, 6.07) is 10.9. The van der Waals surface area contributed by atoms with Gasteiger partial charge in [-0.25, -0.2) is 4.39 Å². The predicted molar refractivity (Wildman–Crippen MR) is 120 cm³/mol. The van der Waals surface area contributed by atoms with Crippen molar-refractivity contribution in [2.75, 3.05) is 5.32 Å². The van der Waals surface area contributed by atoms with Crippen LogP contribution in [0.4, 0.5) is 10.1 Å². The molecule has 5 rings (SSSR count). The van der Waals surface area contributed by atoms with Gasteiger partial charge in [-0.15, -0.1) is 0 Å². The lowest BCUT2D eigenvalue weighted by molar-refractivity contribution is 0.102. The maximum absolute atomic E-state index is 14.2. The molecule has 0 aliphatic heterocycles. The molecule has 0 atom stereocenters. The molecule has 160 valence electrons. The number of aromatic amines is 1. The van der Waals surface area contributed by atoms with E-state index in [2.05, 4.69) is 30.6 Å². The number of aromatic nitrogens is 6. The highest BCUT2D eigenvalue weighted by Gasteiger charge is 2.20. The Morgan fingerprint density at radius 2 is 2.00 bits per heavy atom. The van der Waals surface area contributed by atoms with Crippen molar-refractivity contribution in [3.05, 3.63) is 66.7 Å². The van der Waals surface area contributed by atoms with Gasteiger partial charge in [0.1, 0.15) is 11.4 Å². The second-order valence-electron chi connectivity index (χ2n) is 8.17. The maximum atomic E-state index is 14.2. The molecule has 4 aromatic heterocycles. The number of carbonyl (C=O) groups is 1. The highest BCUT2D eigenvalue weighted by molar-refractivity contribution is 6.07. The Morgan fingerprint density at radius 1 is 1.12 bits per heavy atom. The Labute approximate surface area is 182 Å². The van der Waals surface area contributed by atoms with Gasteiger partial charge in [0.05, 0.1) is 41.4 Å². The lowest BCUT2D eigenvalue weighted by Crippen LogP contribution is -2.21. The van der Waals surface area contributed by atoms with Crippen LogP contribution in [-0.2, 0) is 6.54 Å². The van der Waals surface area contributed by atoms with Crippen LogP contribution in [0.1, 0.15) is 24.2 Å². The zero-order chi connectivity index (χ0) is 22.3. The number of benzene rings is 1. The number of nitrogens with one attached hydrogen (secondary N) is 2. The van der Waals surface area contributed by atoms with E-state index in [4.69, 9.17) is 0 Å². The fraction of sp³-hybridized carbons (Fsp3) is 0.174. The van der Waals surface area contributed by atoms with E-state index in [0.29, 0.717) is 22.6 Å². The van der Waals surface area contributed by atoms with Gasteiger partial charge in [-0.2, -0.15) is 10.2 Å². The maximum Gasteiger partial charge on any atom is 0.255 e. The SMILES string of the molecule is CC(C)(F)Cn1ncc2cnc(-c3[nH]ncc3NC(=O)c3ccc4cccnc4c3)cc21. The van der Waals surface area contributed by atoms with Gasteiger partial charge in [-0.1, -0.05) is 12.1 Å². The summed E-state index contributed by atoms with van der Waals surface area (Å²) in [5, 5.41) is 15.9. The smallest absolute Gasteiger partial charge is 0.255 e. The van der Waals surface area contributed by atoms with Crippen molar-refractivity contribution >= 4 is 33.4 Å². The summed E-state index contributed by atoms with van der Waals surface area (Å²) in [5.41, 5.74) is 2.15. The van der Waals surface area contributed by atoms with Gasteiger partial charge >= 0.3 is 0 Å². The molecule has 4 heterocycles. The van der Waals surface area contributed by atoms with Crippen molar-refractivity contribution in [1.82, 2.24) is 29.9 Å². The van der Waals surface area contributed by atoms with Gasteiger partial charge in [-0.3, -0.25) is 24.5 Å². The van der Waals surface area contributed by atoms with Crippen LogP contribution >= 0.6 is 0 Å². The molecule has 5 aromatic rings. The van der Waals surface area contributed by atoms with E-state index in [-0.39, 0.29) is 12.5 Å². The van der Waals surface area contributed by atoms with Crippen LogP contribution in [0.15, 0.2) is 61.2 Å². The number of pyridine rings is 2. The molecule has 0 aliphatic rings. The van der Waals surface area contributed by atoms with Crippen molar-refractivity contribution in [3.8, 4) is 11.4 Å². The molecule has 0 fully saturated rings. The fourth-order valence-electron chi connectivity index (χ4n) is 3.57. The normalized spacial score (nSPS) is 11.8. The molecule has 0 spiro atoms. The number of amides is 1. The fourth-order valence-corrected chi connectivity index (χ4v) is 3.57. The number of carbonyl (C=O) groups excluding carboxylic acids is 1. The first-order valence-corrected chi connectivity index (χ1v) is 10.1. The first kappa shape index (κ1) is 19.8. The topological polar surface area (TPSA) is 101 Å².